The van der Waals surface area contributed by atoms with Crippen molar-refractivity contribution in [3.8, 4) is 22.4 Å². The van der Waals surface area contributed by atoms with Gasteiger partial charge in [0.05, 0.1) is 8.07 Å². The van der Waals surface area contributed by atoms with E-state index in [-0.39, 0.29) is 25.1 Å². The molecule has 0 saturated heterocycles. The monoisotopic (exact) mass is 696 g/mol. The van der Waals surface area contributed by atoms with Crippen molar-refractivity contribution in [2.75, 3.05) is 11.9 Å². The van der Waals surface area contributed by atoms with Crippen LogP contribution in [0.5, 0.6) is 0 Å². The summed E-state index contributed by atoms with van der Waals surface area (Å²) in [4.78, 5) is 8.92. The van der Waals surface area contributed by atoms with Crippen LogP contribution < -0.4 is 4.90 Å². The van der Waals surface area contributed by atoms with Gasteiger partial charge in [0.25, 0.3) is 0 Å². The fraction of sp³-hybridized carbons (Fsp3) is 0.212. The number of pyridine rings is 1. The summed E-state index contributed by atoms with van der Waals surface area (Å²) in [5.41, 5.74) is 5.86. The second-order valence-electron chi connectivity index (χ2n) is 10.6. The van der Waals surface area contributed by atoms with Crippen molar-refractivity contribution in [2.45, 2.75) is 38.8 Å². The topological polar surface area (TPSA) is 19.4 Å². The van der Waals surface area contributed by atoms with Gasteiger partial charge in [-0.05, 0) is 42.2 Å². The molecule has 0 unspecified atom stereocenters. The van der Waals surface area contributed by atoms with Crippen LogP contribution in [0.4, 0.5) is 5.69 Å². The summed E-state index contributed by atoms with van der Waals surface area (Å²) in [6.07, 6.45) is 3.92. The van der Waals surface area contributed by atoms with Crippen LogP contribution in [0.2, 0.25) is 13.1 Å². The zero-order valence-corrected chi connectivity index (χ0v) is 25.8. The minimum absolute atomic E-state index is 0. The van der Waals surface area contributed by atoms with Crippen molar-refractivity contribution >= 4 is 13.8 Å². The molecule has 0 fully saturated rings. The smallest absolute Gasteiger partial charge is 0.510 e. The number of hydrogen-bond donors (Lipinski definition) is 0. The molecular formula is C33H34IrN3Si. The predicted molar refractivity (Wildman–Crippen MR) is 157 cm³/mol. The average Bonchev–Trinajstić information content (AvgIpc) is 3.35. The molecule has 0 aliphatic carbocycles. The number of para-hydroxylation sites is 1. The van der Waals surface area contributed by atoms with Crippen LogP contribution in [0.3, 0.4) is 0 Å². The largest absolute Gasteiger partial charge is 3.00 e. The van der Waals surface area contributed by atoms with Gasteiger partial charge >= 0.3 is 20.1 Å². The third-order valence-electron chi connectivity index (χ3n) is 7.81. The Morgan fingerprint density at radius 2 is 1.71 bits per heavy atom. The molecule has 38 heavy (non-hydrogen) atoms. The summed E-state index contributed by atoms with van der Waals surface area (Å²) < 4.78 is 23.5. The summed E-state index contributed by atoms with van der Waals surface area (Å²) in [6, 6.07) is 31.4. The van der Waals surface area contributed by atoms with Crippen LogP contribution in [-0.2, 0) is 25.1 Å². The molecular weight excluding hydrogens is 659 g/mol. The number of hydrogen-bond acceptors (Lipinski definition) is 3. The van der Waals surface area contributed by atoms with E-state index in [2.05, 4.69) is 85.9 Å². The molecule has 4 aromatic rings. The van der Waals surface area contributed by atoms with Crippen molar-refractivity contribution in [3.63, 3.8) is 0 Å². The van der Waals surface area contributed by atoms with Gasteiger partial charge in [0.15, 0.2) is 0 Å². The van der Waals surface area contributed by atoms with E-state index in [1.54, 1.807) is 18.3 Å². The Balaban J connectivity index is 0.000000188. The average molecular weight is 696 g/mol. The fourth-order valence-corrected chi connectivity index (χ4v) is 7.78. The van der Waals surface area contributed by atoms with Gasteiger partial charge in [0, 0.05) is 15.9 Å². The van der Waals surface area contributed by atoms with Gasteiger partial charge in [-0.2, -0.15) is 30.9 Å². The summed E-state index contributed by atoms with van der Waals surface area (Å²) in [6.45, 7) is 9.70. The Hall–Kier alpha value is -2.98. The van der Waals surface area contributed by atoms with Crippen LogP contribution in [-0.4, -0.2) is 25.0 Å². The molecule has 0 amide bonds. The Morgan fingerprint density at radius 3 is 2.42 bits per heavy atom. The molecule has 2 aliphatic rings. The maximum Gasteiger partial charge on any atom is 3.00 e. The van der Waals surface area contributed by atoms with Crippen molar-refractivity contribution < 1.29 is 24.2 Å². The van der Waals surface area contributed by atoms with E-state index >= 15 is 0 Å². The van der Waals surface area contributed by atoms with Gasteiger partial charge in [0.2, 0.25) is 0 Å². The molecule has 3 nitrogen and oxygen atoms in total. The van der Waals surface area contributed by atoms with Crippen molar-refractivity contribution in [2.24, 2.45) is 0 Å². The van der Waals surface area contributed by atoms with Gasteiger partial charge < -0.3 is 14.8 Å². The molecule has 3 aromatic carbocycles. The number of aryl methyl sites for hydroxylation is 1. The van der Waals surface area contributed by atoms with E-state index in [0.29, 0.717) is 16.8 Å². The molecule has 2 aliphatic heterocycles. The Kier molecular flexibility index (Phi) is 6.98. The number of aromatic nitrogens is 1. The third-order valence-corrected chi connectivity index (χ3v) is 12.9. The second kappa shape index (κ2) is 11.0. The first-order valence-corrected chi connectivity index (χ1v) is 15.5. The van der Waals surface area contributed by atoms with Crippen molar-refractivity contribution in [1.29, 1.82) is 0 Å². The Morgan fingerprint density at radius 1 is 0.974 bits per heavy atom. The summed E-state index contributed by atoms with van der Waals surface area (Å²) in [5, 5.41) is 1.73. The molecule has 1 aromatic heterocycles. The molecule has 0 spiro atoms. The minimum atomic E-state index is -2.20. The van der Waals surface area contributed by atoms with Crippen molar-refractivity contribution in [1.82, 2.24) is 9.88 Å². The summed E-state index contributed by atoms with van der Waals surface area (Å²) in [5.74, 6) is 0. The van der Waals surface area contributed by atoms with Crippen LogP contribution >= 0.6 is 0 Å². The number of anilines is 1. The first-order valence-electron chi connectivity index (χ1n) is 14.0. The Labute approximate surface area is 246 Å². The zero-order valence-electron chi connectivity index (χ0n) is 25.4. The minimum Gasteiger partial charge on any atom is -0.510 e. The molecule has 194 valence electrons. The normalized spacial score (nSPS) is 17.8. The molecule has 5 heteroatoms. The number of nitrogens with zero attached hydrogens (tertiary/aromatic N) is 3. The van der Waals surface area contributed by atoms with E-state index in [1.165, 1.54) is 16.6 Å². The maximum absolute atomic E-state index is 7.82. The van der Waals surface area contributed by atoms with E-state index in [9.17, 15) is 0 Å². The fourth-order valence-electron chi connectivity index (χ4n) is 4.97. The number of rotatable bonds is 2. The van der Waals surface area contributed by atoms with Gasteiger partial charge in [-0.15, -0.1) is 47.1 Å². The molecule has 3 heterocycles. The predicted octanol–water partition coefficient (Wildman–Crippen LogP) is 7.80. The SMILES string of the molecule is CN1C=C2N([CH-]1)c1[c-]cccc1C(C)(C)[Si]2(C)C.[2H]C([2H])([2H])c1cc(-c2[c-]cccc2)ncc1-c1ccccc1.[Ir+3]. The van der Waals surface area contributed by atoms with Gasteiger partial charge in [-0.25, -0.2) is 0 Å². The van der Waals surface area contributed by atoms with Gasteiger partial charge in [-0.3, -0.25) is 0 Å². The molecule has 0 atom stereocenters. The molecule has 0 bridgehead atoms. The van der Waals surface area contributed by atoms with Gasteiger partial charge in [-0.1, -0.05) is 68.4 Å². The first-order chi connectivity index (χ1) is 18.9. The first kappa shape index (κ1) is 24.1. The third kappa shape index (κ3) is 5.03. The molecule has 6 rings (SSSR count). The zero-order chi connectivity index (χ0) is 28.7. The van der Waals surface area contributed by atoms with E-state index in [0.717, 1.165) is 11.1 Å². The van der Waals surface area contributed by atoms with Gasteiger partial charge in [0.1, 0.15) is 0 Å². The molecule has 0 radical (unpaired) electrons. The molecule has 0 N–H and O–H groups in total. The Bertz CT molecular complexity index is 1540. The van der Waals surface area contributed by atoms with Crippen molar-refractivity contribution in [3.05, 3.63) is 127 Å². The number of fused-ring (bicyclic) bond motifs is 3. The van der Waals surface area contributed by atoms with Crippen LogP contribution in [0.1, 0.15) is 29.1 Å². The van der Waals surface area contributed by atoms with Crippen LogP contribution in [0, 0.1) is 25.7 Å². The quantitative estimate of drug-likeness (QED) is 0.158. The maximum atomic E-state index is 7.82. The standard InChI is InChI=1S/C18H14N.C15H20N2Si.Ir/c1-14-12-18(16-10-6-3-7-11-16)19-13-17(14)15-8-4-2-5-9-15;1-15(2)12-8-6-7-9-13(12)17-11-16(3)10-14(17)18(15,4)5;/h2-10,12-13H,1H3;6-8,10-11H,1-5H3;/q-1;-2;+3/i1D3;;. The molecule has 0 saturated carbocycles. The summed E-state index contributed by atoms with van der Waals surface area (Å²) in [7, 11) is 0.556. The van der Waals surface area contributed by atoms with Crippen LogP contribution in [0.25, 0.3) is 22.4 Å². The number of benzene rings is 3. The van der Waals surface area contributed by atoms with E-state index in [4.69, 9.17) is 4.11 Å². The van der Waals surface area contributed by atoms with E-state index in [1.807, 2.05) is 54.6 Å². The summed E-state index contributed by atoms with van der Waals surface area (Å²) >= 11 is 0. The second-order valence-corrected chi connectivity index (χ2v) is 15.6. The van der Waals surface area contributed by atoms with Crippen LogP contribution in [0.15, 0.2) is 96.6 Å². The van der Waals surface area contributed by atoms with E-state index < -0.39 is 14.9 Å².